The number of ketones is 2. The maximum atomic E-state index is 14.9. The first-order chi connectivity index (χ1) is 58.3. The van der Waals surface area contributed by atoms with Gasteiger partial charge in [0.05, 0.1) is 68.8 Å². The Morgan fingerprint density at radius 3 is 1.39 bits per heavy atom. The maximum absolute atomic E-state index is 14.9. The number of nitrogens with zero attached hydrogens (tertiary/aromatic N) is 4. The van der Waals surface area contributed by atoms with E-state index in [4.69, 9.17) is 67.4 Å². The van der Waals surface area contributed by atoms with E-state index in [1.807, 2.05) is 93.6 Å². The highest BCUT2D eigenvalue weighted by molar-refractivity contribution is 7.14. The monoisotopic (exact) mass is 1720 g/mol. The predicted octanol–water partition coefficient (Wildman–Crippen LogP) is 16.0. The Kier molecular flexibility index (Phi) is 28.4. The van der Waals surface area contributed by atoms with Crippen molar-refractivity contribution < 1.29 is 100.0 Å². The van der Waals surface area contributed by atoms with E-state index in [2.05, 4.69) is 77.4 Å². The Balaban J connectivity index is 0.000000202. The standard InChI is InChI=1S/C45H53BN4O10S.C38H48BN3O8S.C7H7NO3/c1-43(2,3)58-40(53)31-16-12-15-27(38(31)56-8)19-30(46-59-35-22-29-21-34(44(29,4)5)45(35,6)60-46)23-33(51)37(49-39(52)28-17-18-47-36(20-28)55-7)32-25-61-41(48-32)50-42(54)57-24-26-13-10-9-11-14-26;1-36(2,3)48-33(44)26-15-11-14-23(32(26)46-7)16-25(39-49-30-18-24-17-29(37(24,4)5)38(30,6)50-39)19-28(43)31(40)27-21-51-34(41-27)42-35(45)47-20-22-12-9-8-10-13-22;1-11-6-4-5(7(9)10)2-3-8-6/h9-18,20,25,29-30,34-35,37H,19,21-24H2,1-8H3,(H,49,52)(H,48,50,54);8-15,21,24-25,29-31H,16-20,40H2,1-7H3,(H,41,42,45);2-4H,1H3,(H,9,10)/t29-,30+,34-,35?,37?,45-;24-,25+,29-,30?,31?,38-;/m00./s1. The molecule has 12 atom stereocenters. The normalized spacial score (nSPS) is 22.0. The van der Waals surface area contributed by atoms with Crippen LogP contribution >= 0.6 is 22.7 Å². The molecule has 29 nitrogen and oxygen atoms in total. The van der Waals surface area contributed by atoms with Gasteiger partial charge in [0.25, 0.3) is 5.91 Å². The van der Waals surface area contributed by atoms with Gasteiger partial charge in [-0.3, -0.25) is 25.0 Å². The highest BCUT2D eigenvalue weighted by Gasteiger charge is 2.70. The molecule has 6 N–H and O–H groups in total. The molecule has 4 aromatic carbocycles. The van der Waals surface area contributed by atoms with Crippen molar-refractivity contribution in [3.8, 4) is 23.3 Å². The van der Waals surface area contributed by atoms with Gasteiger partial charge in [-0.05, 0) is 175 Å². The van der Waals surface area contributed by atoms with Crippen molar-refractivity contribution in [2.75, 3.05) is 39.1 Å². The van der Waals surface area contributed by atoms with Crippen LogP contribution in [-0.4, -0.2) is 150 Å². The maximum Gasteiger partial charge on any atom is 0.461 e. The number of anilines is 2. The van der Waals surface area contributed by atoms with Gasteiger partial charge in [-0.2, -0.15) is 0 Å². The second-order valence-corrected chi connectivity index (χ2v) is 37.1. The number of thiazole rings is 2. The number of hydrogen-bond acceptors (Lipinski definition) is 27. The molecule has 4 bridgehead atoms. The second-order valence-electron chi connectivity index (χ2n) is 35.3. The fourth-order valence-corrected chi connectivity index (χ4v) is 19.1. The number of carbonyl (C=O) groups excluding carboxylic acids is 7. The third-order valence-electron chi connectivity index (χ3n) is 24.3. The van der Waals surface area contributed by atoms with Crippen LogP contribution < -0.4 is 40.6 Å². The number of nitrogens with two attached hydrogens (primary N) is 1. The van der Waals surface area contributed by atoms with Crippen molar-refractivity contribution in [2.45, 2.75) is 206 Å². The average molecular weight is 1720 g/mol. The molecule has 8 aromatic rings. The van der Waals surface area contributed by atoms with E-state index in [0.717, 1.165) is 65.0 Å². The summed E-state index contributed by atoms with van der Waals surface area (Å²) in [7, 11) is 4.39. The summed E-state index contributed by atoms with van der Waals surface area (Å²) in [5.74, 6) is -1.41. The number of hydrogen-bond donors (Lipinski definition) is 5. The number of ether oxygens (including phenoxy) is 8. The zero-order chi connectivity index (χ0) is 88.7. The molecule has 16 rings (SSSR count). The third kappa shape index (κ3) is 21.4. The largest absolute Gasteiger partial charge is 0.496 e. The summed E-state index contributed by atoms with van der Waals surface area (Å²) < 4.78 is 71.0. The summed E-state index contributed by atoms with van der Waals surface area (Å²) in [5.41, 5.74) is 8.77. The number of aromatic nitrogens is 4. The fraction of sp³-hybridized carbons (Fsp3) is 0.467. The number of pyridine rings is 2. The molecule has 8 aliphatic rings. The Hall–Kier alpha value is -10.7. The van der Waals surface area contributed by atoms with Gasteiger partial charge in [-0.1, -0.05) is 113 Å². The zero-order valence-corrected chi connectivity index (χ0v) is 73.8. The van der Waals surface area contributed by atoms with E-state index in [1.165, 1.54) is 65.1 Å². The summed E-state index contributed by atoms with van der Waals surface area (Å²) >= 11 is 2.24. The number of aromatic carboxylic acids is 1. The molecule has 652 valence electrons. The molecular weight excluding hydrogens is 1610 g/mol. The van der Waals surface area contributed by atoms with E-state index < -0.39 is 96.4 Å². The minimum Gasteiger partial charge on any atom is -0.496 e. The van der Waals surface area contributed by atoms with Gasteiger partial charge < -0.3 is 72.7 Å². The minimum absolute atomic E-state index is 0.0192. The van der Waals surface area contributed by atoms with Crippen LogP contribution in [0.15, 0.2) is 144 Å². The molecule has 6 saturated carbocycles. The summed E-state index contributed by atoms with van der Waals surface area (Å²) in [5, 5.41) is 20.4. The molecule has 2 aliphatic heterocycles. The fourth-order valence-electron chi connectivity index (χ4n) is 17.7. The number of carboxylic acids is 1. The summed E-state index contributed by atoms with van der Waals surface area (Å²) in [6, 6.07) is 32.6. The lowest BCUT2D eigenvalue weighted by Crippen LogP contribution is -2.65. The van der Waals surface area contributed by atoms with Crippen LogP contribution in [0.2, 0.25) is 11.6 Å². The molecule has 8 fully saturated rings. The van der Waals surface area contributed by atoms with Crippen molar-refractivity contribution in [1.29, 1.82) is 0 Å². The van der Waals surface area contributed by atoms with Crippen molar-refractivity contribution in [3.05, 3.63) is 200 Å². The molecule has 3 amide bonds. The lowest BCUT2D eigenvalue weighted by molar-refractivity contribution is -0.199. The van der Waals surface area contributed by atoms with Crippen LogP contribution in [0.1, 0.15) is 209 Å². The van der Waals surface area contributed by atoms with Gasteiger partial charge in [0.1, 0.15) is 59.1 Å². The number of Topliss-reactive ketones (excluding diaryl/α,β-unsaturated/α-hetero) is 2. The number of esters is 2. The Morgan fingerprint density at radius 1 is 0.545 bits per heavy atom. The second kappa shape index (κ2) is 38.2. The average Bonchev–Trinajstić information content (AvgIpc) is 1.62. The van der Waals surface area contributed by atoms with Gasteiger partial charge >= 0.3 is 44.3 Å². The minimum atomic E-state index is -1.26. The van der Waals surface area contributed by atoms with Crippen molar-refractivity contribution >= 4 is 94.7 Å². The molecule has 2 saturated heterocycles. The summed E-state index contributed by atoms with van der Waals surface area (Å²) in [4.78, 5) is 122. The lowest BCUT2D eigenvalue weighted by Gasteiger charge is -2.64. The number of nitrogens with one attached hydrogen (secondary N) is 3. The van der Waals surface area contributed by atoms with Crippen LogP contribution in [-0.2, 0) is 73.2 Å². The topological polar surface area (TPSA) is 381 Å². The van der Waals surface area contributed by atoms with E-state index in [1.54, 1.807) is 55.8 Å². The summed E-state index contributed by atoms with van der Waals surface area (Å²) in [6.45, 7) is 24.4. The van der Waals surface area contributed by atoms with E-state index >= 15 is 0 Å². The van der Waals surface area contributed by atoms with Gasteiger partial charge in [-0.25, -0.2) is 43.9 Å². The molecule has 4 aromatic heterocycles. The Morgan fingerprint density at radius 2 is 0.967 bits per heavy atom. The molecule has 4 unspecified atom stereocenters. The summed E-state index contributed by atoms with van der Waals surface area (Å²) in [6.07, 6.45) is 5.48. The van der Waals surface area contributed by atoms with E-state index in [-0.39, 0.29) is 112 Å². The first-order valence-electron chi connectivity index (χ1n) is 41.0. The molecule has 0 radical (unpaired) electrons. The number of benzene rings is 4. The van der Waals surface area contributed by atoms with Crippen molar-refractivity contribution in [1.82, 2.24) is 25.3 Å². The van der Waals surface area contributed by atoms with Crippen LogP contribution in [0.4, 0.5) is 19.9 Å². The Bertz CT molecular complexity index is 5140. The predicted molar refractivity (Wildman–Crippen MR) is 461 cm³/mol. The molecule has 33 heteroatoms. The Labute approximate surface area is 724 Å². The van der Waals surface area contributed by atoms with Crippen LogP contribution in [0.25, 0.3) is 0 Å². The number of rotatable bonds is 29. The molecule has 6 heterocycles. The van der Waals surface area contributed by atoms with Gasteiger partial charge in [0.15, 0.2) is 21.8 Å². The number of para-hydroxylation sites is 2. The van der Waals surface area contributed by atoms with Crippen molar-refractivity contribution in [2.24, 2.45) is 40.2 Å². The highest BCUT2D eigenvalue weighted by Crippen LogP contribution is 2.68. The highest BCUT2D eigenvalue weighted by atomic mass is 32.1. The van der Waals surface area contributed by atoms with Crippen LogP contribution in [0, 0.1) is 34.5 Å². The van der Waals surface area contributed by atoms with Gasteiger partial charge in [0, 0.05) is 65.3 Å². The number of carboxylic acid groups (broad SMARTS) is 1. The smallest absolute Gasteiger partial charge is 0.461 e. The van der Waals surface area contributed by atoms with E-state index in [9.17, 15) is 38.4 Å². The number of methoxy groups -OCH3 is 4. The first kappa shape index (κ1) is 91.5. The molecule has 0 spiro atoms. The SMILES string of the molecule is COc1c(C[C@H](CC(=O)C(N)c2csc(NC(=O)OCc3ccccc3)n2)B2OC3C[C@@H]4C[C@@H](C4(C)C)[C@]3(C)O2)cccc1C(=O)OC(C)(C)C.COc1cc(C(=O)NC(C(=O)C[C@@H](Cc2cccc(C(=O)OC(C)(C)C)c2OC)B2OC3C[C@@H]4C[C@@H](C4(C)C)[C@]3(C)O2)c2csc(NC(=O)OCc3ccccc3)n2)ccn1.COc1cc(C(=O)O)ccn1. The quantitative estimate of drug-likeness (QED) is 0.0165. The zero-order valence-electron chi connectivity index (χ0n) is 72.2. The van der Waals surface area contributed by atoms with Crippen LogP contribution in [0.3, 0.4) is 0 Å². The van der Waals surface area contributed by atoms with Crippen LogP contribution in [0.5, 0.6) is 23.3 Å². The number of amides is 3. The molecule has 123 heavy (non-hydrogen) atoms. The van der Waals surface area contributed by atoms with Gasteiger partial charge in [0.2, 0.25) is 11.8 Å². The van der Waals surface area contributed by atoms with Gasteiger partial charge in [-0.15, -0.1) is 22.7 Å². The first-order valence-corrected chi connectivity index (χ1v) is 42.7. The number of carbonyl (C=O) groups is 8. The lowest BCUT2D eigenvalue weighted by atomic mass is 9.43. The molecule has 6 aliphatic carbocycles. The third-order valence-corrected chi connectivity index (χ3v) is 25.8. The van der Waals surface area contributed by atoms with E-state index in [0.29, 0.717) is 58.4 Å². The molecular formula is C90H108B2N8O21S2. The van der Waals surface area contributed by atoms with Crippen molar-refractivity contribution in [3.63, 3.8) is 0 Å².